The Morgan fingerprint density at radius 2 is 0.695 bits per heavy atom. The maximum Gasteiger partial charge on any atom is 1.00 e. The molecule has 6 fully saturated rings. The summed E-state index contributed by atoms with van der Waals surface area (Å²) in [7, 11) is 2.60. The first-order valence-corrected chi connectivity index (χ1v) is 42.5. The van der Waals surface area contributed by atoms with E-state index in [1.165, 1.54) is 56.7 Å². The van der Waals surface area contributed by atoms with Gasteiger partial charge in [-0.15, -0.1) is 50.5 Å². The van der Waals surface area contributed by atoms with E-state index in [0.29, 0.717) is 154 Å². The zero-order valence-corrected chi connectivity index (χ0v) is 81.1. The number of aryl methyl sites for hydroxylation is 4. The first-order valence-electron chi connectivity index (χ1n) is 42.1. The second-order valence-electron chi connectivity index (χ2n) is 31.3. The standard InChI is InChI=1S/C25H26F4N4O3.C22H23F2N3O4.C21H21F2N3O4.C11H13ClN2O4.C11H11F2N.C4H7F2N.2ClH.2Li.H2O/c1-4-17(15-6-5-7-16(13(15)2)21(26)27)32-22-20(23-35-10-11-36-23)18(30-14(3)31-22)12-19(34)33-25(8-9-25)24(28)29;1-5-16(14-7-6-8-15(12(14)2)20(23)24)27-21-19(22-30-9-10-31-22)17(11-18(28)29-4)25-13(3)26-21;1-4-15(13-6-5-7-14(11(13)2)19(22)23)26-20-18(21-29-8-9-30-21)16(10-17(27)28)24-12(3)25-20;1-6-13-7(5-8(15)16-2)9(10(12)14-6)11-17-3-4-18-11;1-3-10(14)8-5-4-6-9(7(8)2)11(12)13;5-3(6)4(7)1-2-4;;;;;/h1,5-7,17,21,23-24H,8-12H2,2-3H3,(H,33,34)(H,30,31,32);1,6-8,16,20,22H,9-11H2,2-4H3,(H,25,26,27);1,5-7,15,19,21H,8-10H2,2-3H3,(H,27,28)(H,24,25,26);11H,3-5H2,1-2H3;1,4-6,10-11H,14H2,2H3;3H,1-2,7H2;2*1H;;;1H2/q;;;;;;;;2*+1;/p-2/t17-;16-;15-;;10-;;;;;;/m111.1....../s1. The topological polar surface area (TPSA) is 417 Å². The number of hydrogen-bond acceptors (Lipinski definition) is 29. The smallest absolute Gasteiger partial charge is 0.870 e. The van der Waals surface area contributed by atoms with E-state index in [1.807, 2.05) is 0 Å². The van der Waals surface area contributed by atoms with E-state index >= 15 is 0 Å². The Morgan fingerprint density at radius 3 is 0.950 bits per heavy atom. The Kier molecular flexibility index (Phi) is 49.7. The van der Waals surface area contributed by atoms with Crippen LogP contribution in [0.25, 0.3) is 0 Å². The maximum absolute atomic E-state index is 13.5. The molecule has 0 bridgehead atoms. The molecule has 8 aromatic rings. The van der Waals surface area contributed by atoms with Crippen molar-refractivity contribution in [2.24, 2.45) is 11.5 Å². The minimum absolute atomic E-state index is 0. The summed E-state index contributed by atoms with van der Waals surface area (Å²) in [5, 5.41) is 23.1. The monoisotopic (exact) mass is 2030 g/mol. The number of halogens is 15. The van der Waals surface area contributed by atoms with Crippen LogP contribution in [0.3, 0.4) is 0 Å². The molecule has 8 heterocycles. The van der Waals surface area contributed by atoms with Crippen LogP contribution in [0.15, 0.2) is 72.8 Å². The SMILES string of the molecule is C#C[C@@H](N)c1cccc(C(F)F)c1C.C#C[C@@H](Nc1nc(C)nc(CC(=O)NC2(C(F)F)CC2)c1C1OCCO1)c1cccc(C(F)F)c1C.C#C[C@@H](Nc1nc(C)nc(CC(=O)OC)c1C1OCCO1)c1cccc(C(F)F)c1C.C#C[C@@H](Nc1nc(C)nc(CC(=O)[O-])c1C1OCCO1)c1cccc(C(F)F)c1C.COC(=O)Cc1nc(C)nc(Cl)c1C1OCCO1.Cl.Cl.NC1(C(F)F)CC1.[Li+].[Li+].[OH-]. The normalized spacial score (nSPS) is 15.6. The Labute approximate surface area is 847 Å². The van der Waals surface area contributed by atoms with Crippen molar-refractivity contribution in [2.45, 2.75) is 206 Å². The number of anilines is 3. The third kappa shape index (κ3) is 33.0. The molecule has 14 rings (SSSR count). The van der Waals surface area contributed by atoms with E-state index < -0.39 is 129 Å². The summed E-state index contributed by atoms with van der Waals surface area (Å²) < 4.78 is 209. The fourth-order valence-electron chi connectivity index (χ4n) is 14.4. The molecular weight excluding hydrogens is 1930 g/mol. The third-order valence-corrected chi connectivity index (χ3v) is 22.2. The van der Waals surface area contributed by atoms with E-state index in [1.54, 1.807) is 85.7 Å². The van der Waals surface area contributed by atoms with Crippen molar-refractivity contribution < 1.29 is 168 Å². The molecule has 4 atom stereocenters. The number of nitrogens with one attached hydrogen (secondary N) is 4. The number of aromatic nitrogens is 8. The van der Waals surface area contributed by atoms with Gasteiger partial charge in [-0.2, -0.15) is 0 Å². The number of hydrogen-bond donors (Lipinski definition) is 6. The van der Waals surface area contributed by atoms with Gasteiger partial charge in [-0.1, -0.05) is 108 Å². The number of carboxylic acid groups (broad SMARTS) is 1. The van der Waals surface area contributed by atoms with Crippen LogP contribution in [0.5, 0.6) is 0 Å². The van der Waals surface area contributed by atoms with Crippen molar-refractivity contribution in [3.05, 3.63) is 213 Å². The van der Waals surface area contributed by atoms with Gasteiger partial charge < -0.3 is 95.5 Å². The van der Waals surface area contributed by atoms with Crippen LogP contribution in [-0.4, -0.2) is 160 Å². The van der Waals surface area contributed by atoms with Crippen molar-refractivity contribution in [1.29, 1.82) is 0 Å². The summed E-state index contributed by atoms with van der Waals surface area (Å²) in [6.07, 6.45) is 4.23. The number of terminal acetylenes is 4. The average Bonchev–Trinajstić information content (AvgIpc) is 1.77. The molecule has 1 amide bonds. The predicted molar refractivity (Wildman–Crippen MR) is 485 cm³/mol. The fourth-order valence-corrected chi connectivity index (χ4v) is 14.7. The number of rotatable bonds is 29. The number of amides is 1. The first-order chi connectivity index (χ1) is 64.6. The number of ether oxygens (including phenoxy) is 10. The minimum Gasteiger partial charge on any atom is -0.870 e. The van der Waals surface area contributed by atoms with Crippen molar-refractivity contribution in [3.8, 4) is 49.4 Å². The molecule has 47 heteroatoms. The molecule has 4 aromatic carbocycles. The average molecular weight is 2030 g/mol. The molecule has 4 aromatic heterocycles. The van der Waals surface area contributed by atoms with Gasteiger partial charge >= 0.3 is 49.7 Å². The maximum atomic E-state index is 13.5. The molecule has 4 saturated heterocycles. The van der Waals surface area contributed by atoms with Gasteiger partial charge in [0, 0.05) is 34.6 Å². The summed E-state index contributed by atoms with van der Waals surface area (Å²) in [6.45, 7) is 15.8. The minimum atomic E-state index is -2.67. The molecule has 30 nitrogen and oxygen atoms in total. The molecular formula is C94H103Cl3F12Li2N14O16. The van der Waals surface area contributed by atoms with Gasteiger partial charge in [0.25, 0.3) is 38.6 Å². The third-order valence-electron chi connectivity index (χ3n) is 21.9. The quantitative estimate of drug-likeness (QED) is 0.00835. The predicted octanol–water partition coefficient (Wildman–Crippen LogP) is 9.24. The second kappa shape index (κ2) is 57.1. The van der Waals surface area contributed by atoms with Crippen LogP contribution in [0.4, 0.5) is 70.1 Å². The van der Waals surface area contributed by atoms with Crippen molar-refractivity contribution in [1.82, 2.24) is 45.2 Å². The van der Waals surface area contributed by atoms with Crippen LogP contribution in [0.1, 0.15) is 236 Å². The number of nitrogens with two attached hydrogens (primary N) is 2. The number of methoxy groups -OCH3 is 2. The van der Waals surface area contributed by atoms with Gasteiger partial charge in [-0.05, 0) is 126 Å². The summed E-state index contributed by atoms with van der Waals surface area (Å²) >= 11 is 6.08. The van der Waals surface area contributed by atoms with Crippen molar-refractivity contribution >= 4 is 77.7 Å². The molecule has 2 saturated carbocycles. The number of esters is 2. The van der Waals surface area contributed by atoms with E-state index in [9.17, 15) is 77.0 Å². The van der Waals surface area contributed by atoms with Crippen LogP contribution in [0, 0.1) is 105 Å². The molecule has 0 unspecified atom stereocenters. The van der Waals surface area contributed by atoms with Crippen LogP contribution < -0.4 is 75.6 Å². The zero-order valence-electron chi connectivity index (χ0n) is 78.7. The molecule has 0 spiro atoms. The second-order valence-corrected chi connectivity index (χ2v) is 31.6. The Hall–Kier alpha value is -10.5. The molecule has 9 N–H and O–H groups in total. The molecule has 2 aliphatic carbocycles. The Bertz CT molecular complexity index is 5730. The molecule has 141 heavy (non-hydrogen) atoms. The van der Waals surface area contributed by atoms with E-state index in [-0.39, 0.29) is 170 Å². The zero-order chi connectivity index (χ0) is 99.7. The summed E-state index contributed by atoms with van der Waals surface area (Å²) in [5.41, 5.74) is 14.1. The van der Waals surface area contributed by atoms with Crippen LogP contribution >= 0.6 is 36.4 Å². The van der Waals surface area contributed by atoms with Gasteiger partial charge in [0.1, 0.15) is 69.6 Å². The van der Waals surface area contributed by atoms with E-state index in [4.69, 9.17) is 91.4 Å². The number of aliphatic carboxylic acids is 1. The van der Waals surface area contributed by atoms with E-state index in [2.05, 4.69) is 89.6 Å². The molecule has 0 radical (unpaired) electrons. The summed E-state index contributed by atoms with van der Waals surface area (Å²) in [6, 6.07) is 15.1. The number of benzene rings is 4. The Balaban J connectivity index is 0.000000368. The number of carbonyl (C=O) groups is 4. The van der Waals surface area contributed by atoms with Crippen LogP contribution in [-0.2, 0) is 92.2 Å². The summed E-state index contributed by atoms with van der Waals surface area (Å²) in [5.74, 6) is 9.37. The number of nitrogens with zero attached hydrogens (tertiary/aromatic N) is 8. The Morgan fingerprint density at radius 1 is 0.426 bits per heavy atom. The number of carboxylic acids is 1. The first kappa shape index (κ1) is 123. The largest absolute Gasteiger partial charge is 1.00 e. The van der Waals surface area contributed by atoms with Gasteiger partial charge in [0.15, 0.2) is 25.2 Å². The molecule has 752 valence electrons. The van der Waals surface area contributed by atoms with Crippen molar-refractivity contribution in [3.63, 3.8) is 0 Å². The summed E-state index contributed by atoms with van der Waals surface area (Å²) in [4.78, 5) is 81.6. The number of carbonyl (C=O) groups excluding carboxylic acids is 4. The van der Waals surface area contributed by atoms with Gasteiger partial charge in [-0.3, -0.25) is 14.4 Å². The number of alkyl halides is 12. The fraction of sp³-hybridized carbons (Fsp3) is 0.447. The molecule has 4 aliphatic heterocycles. The van der Waals surface area contributed by atoms with Gasteiger partial charge in [0.2, 0.25) is 5.91 Å². The van der Waals surface area contributed by atoms with E-state index in [0.717, 1.165) is 0 Å². The van der Waals surface area contributed by atoms with Gasteiger partial charge in [-0.25, -0.2) is 92.6 Å². The van der Waals surface area contributed by atoms with Crippen molar-refractivity contribution in [2.75, 3.05) is 83.0 Å². The van der Waals surface area contributed by atoms with Gasteiger partial charge in [0.05, 0.1) is 143 Å². The van der Waals surface area contributed by atoms with Crippen LogP contribution in [0.2, 0.25) is 5.15 Å². The molecule has 6 aliphatic rings.